The summed E-state index contributed by atoms with van der Waals surface area (Å²) in [6.45, 7) is 4.06. The Balaban J connectivity index is 1.65. The van der Waals surface area contributed by atoms with Crippen molar-refractivity contribution in [1.82, 2.24) is 0 Å². The normalized spacial score (nSPS) is 13.1. The van der Waals surface area contributed by atoms with Crippen molar-refractivity contribution in [1.29, 1.82) is 0 Å². The Hall–Kier alpha value is -2.86. The van der Waals surface area contributed by atoms with Gasteiger partial charge < -0.3 is 15.1 Å². The van der Waals surface area contributed by atoms with Crippen LogP contribution in [0.3, 0.4) is 0 Å². The molecule has 1 aromatic carbocycles. The second kappa shape index (κ2) is 7.64. The average molecular weight is 394 g/mol. The topological polar surface area (TPSA) is 71.3 Å². The highest BCUT2D eigenvalue weighted by molar-refractivity contribution is 7.17. The second-order valence-corrected chi connectivity index (χ2v) is 8.20. The molecule has 2 heterocycles. The van der Waals surface area contributed by atoms with Crippen LogP contribution in [0.4, 0.5) is 10.7 Å². The van der Waals surface area contributed by atoms with Crippen molar-refractivity contribution < 1.29 is 14.0 Å². The zero-order chi connectivity index (χ0) is 19.7. The van der Waals surface area contributed by atoms with Gasteiger partial charge in [-0.25, -0.2) is 0 Å². The number of aryl methyl sites for hydroxylation is 3. The number of nitrogens with one attached hydrogen (secondary N) is 2. The molecule has 0 spiro atoms. The molecule has 4 rings (SSSR count). The van der Waals surface area contributed by atoms with E-state index in [9.17, 15) is 9.59 Å². The second-order valence-electron chi connectivity index (χ2n) is 7.10. The highest BCUT2D eigenvalue weighted by Crippen LogP contribution is 2.38. The van der Waals surface area contributed by atoms with E-state index in [2.05, 4.69) is 10.6 Å². The summed E-state index contributed by atoms with van der Waals surface area (Å²) in [4.78, 5) is 26.8. The predicted octanol–water partition coefficient (Wildman–Crippen LogP) is 5.34. The van der Waals surface area contributed by atoms with E-state index < -0.39 is 0 Å². The number of fused-ring (bicyclic) bond motifs is 1. The van der Waals surface area contributed by atoms with Crippen molar-refractivity contribution in [3.05, 3.63) is 69.5 Å². The highest BCUT2D eigenvalue weighted by Gasteiger charge is 2.27. The molecule has 1 aliphatic rings. The number of benzene rings is 1. The van der Waals surface area contributed by atoms with Crippen LogP contribution in [0.25, 0.3) is 0 Å². The quantitative estimate of drug-likeness (QED) is 0.627. The summed E-state index contributed by atoms with van der Waals surface area (Å²) < 4.78 is 5.18. The van der Waals surface area contributed by atoms with E-state index in [1.807, 2.05) is 32.0 Å². The van der Waals surface area contributed by atoms with Gasteiger partial charge in [-0.05, 0) is 80.5 Å². The fraction of sp³-hybridized carbons (Fsp3) is 0.273. The maximum absolute atomic E-state index is 13.2. The summed E-state index contributed by atoms with van der Waals surface area (Å²) in [5, 5.41) is 6.48. The summed E-state index contributed by atoms with van der Waals surface area (Å²) in [6.07, 6.45) is 5.43. The summed E-state index contributed by atoms with van der Waals surface area (Å²) >= 11 is 1.50. The maximum atomic E-state index is 13.2. The van der Waals surface area contributed by atoms with Crippen LogP contribution in [0.2, 0.25) is 0 Å². The van der Waals surface area contributed by atoms with Crippen LogP contribution in [-0.4, -0.2) is 11.8 Å². The minimum absolute atomic E-state index is 0.183. The lowest BCUT2D eigenvalue weighted by Crippen LogP contribution is -2.18. The Morgan fingerprint density at radius 3 is 2.57 bits per heavy atom. The number of rotatable bonds is 4. The van der Waals surface area contributed by atoms with Crippen molar-refractivity contribution >= 4 is 33.8 Å². The Bertz CT molecular complexity index is 1030. The molecular weight excluding hydrogens is 372 g/mol. The van der Waals surface area contributed by atoms with E-state index in [1.165, 1.54) is 28.0 Å². The molecule has 28 heavy (non-hydrogen) atoms. The van der Waals surface area contributed by atoms with Crippen LogP contribution < -0.4 is 10.6 Å². The lowest BCUT2D eigenvalue weighted by molar-refractivity contribution is 0.0997. The zero-order valence-corrected chi connectivity index (χ0v) is 16.7. The fourth-order valence-electron chi connectivity index (χ4n) is 3.48. The van der Waals surface area contributed by atoms with Gasteiger partial charge >= 0.3 is 0 Å². The average Bonchev–Trinajstić information content (AvgIpc) is 3.32. The van der Waals surface area contributed by atoms with Crippen LogP contribution in [0.5, 0.6) is 0 Å². The van der Waals surface area contributed by atoms with Crippen LogP contribution >= 0.6 is 11.3 Å². The molecule has 0 radical (unpaired) electrons. The number of amides is 2. The standard InChI is InChI=1S/C22H22N2O3S/c1-13-9-10-15(12-14(13)2)23-21(26)19-16-6-3-4-8-18(16)28-22(19)24-20(25)17-7-5-11-27-17/h5,7,9-12H,3-4,6,8H2,1-2H3,(H,23,26)(H,24,25). The van der Waals surface area contributed by atoms with Gasteiger partial charge in [0, 0.05) is 10.6 Å². The monoisotopic (exact) mass is 394 g/mol. The summed E-state index contributed by atoms with van der Waals surface area (Å²) in [6, 6.07) is 9.14. The first-order chi connectivity index (χ1) is 13.5. The third-order valence-electron chi connectivity index (χ3n) is 5.14. The molecule has 0 bridgehead atoms. The van der Waals surface area contributed by atoms with Crippen LogP contribution in [0.15, 0.2) is 41.0 Å². The lowest BCUT2D eigenvalue weighted by Gasteiger charge is -2.14. The van der Waals surface area contributed by atoms with E-state index in [0.717, 1.165) is 42.5 Å². The number of hydrogen-bond acceptors (Lipinski definition) is 4. The highest BCUT2D eigenvalue weighted by atomic mass is 32.1. The Morgan fingerprint density at radius 2 is 1.82 bits per heavy atom. The molecule has 0 unspecified atom stereocenters. The number of carbonyl (C=O) groups is 2. The van der Waals surface area contributed by atoms with Crippen LogP contribution in [0.1, 0.15) is 55.3 Å². The molecule has 6 heteroatoms. The first-order valence-electron chi connectivity index (χ1n) is 9.41. The summed E-state index contributed by atoms with van der Waals surface area (Å²) in [5.74, 6) is -0.298. The third-order valence-corrected chi connectivity index (χ3v) is 6.34. The Morgan fingerprint density at radius 1 is 1.00 bits per heavy atom. The summed E-state index contributed by atoms with van der Waals surface area (Å²) in [7, 11) is 0. The molecule has 2 aromatic heterocycles. The number of furan rings is 1. The molecule has 0 saturated carbocycles. The van der Waals surface area contributed by atoms with E-state index in [1.54, 1.807) is 12.1 Å². The van der Waals surface area contributed by atoms with Crippen molar-refractivity contribution in [2.24, 2.45) is 0 Å². The number of anilines is 2. The molecule has 0 atom stereocenters. The van der Waals surface area contributed by atoms with Gasteiger partial charge in [0.15, 0.2) is 5.76 Å². The molecule has 0 fully saturated rings. The molecule has 144 valence electrons. The Kier molecular flexibility index (Phi) is 5.05. The molecule has 5 nitrogen and oxygen atoms in total. The van der Waals surface area contributed by atoms with E-state index in [-0.39, 0.29) is 17.6 Å². The third kappa shape index (κ3) is 3.60. The van der Waals surface area contributed by atoms with Crippen LogP contribution in [-0.2, 0) is 12.8 Å². The summed E-state index contributed by atoms with van der Waals surface area (Å²) in [5.41, 5.74) is 4.70. The first-order valence-corrected chi connectivity index (χ1v) is 10.2. The number of thiophene rings is 1. The largest absolute Gasteiger partial charge is 0.459 e. The van der Waals surface area contributed by atoms with Crippen molar-refractivity contribution in [2.75, 3.05) is 10.6 Å². The van der Waals surface area contributed by atoms with E-state index in [4.69, 9.17) is 4.42 Å². The van der Waals surface area contributed by atoms with Gasteiger partial charge in [0.1, 0.15) is 5.00 Å². The van der Waals surface area contributed by atoms with Crippen molar-refractivity contribution in [3.8, 4) is 0 Å². The molecular formula is C22H22N2O3S. The minimum Gasteiger partial charge on any atom is -0.459 e. The van der Waals surface area contributed by atoms with E-state index >= 15 is 0 Å². The SMILES string of the molecule is Cc1ccc(NC(=O)c2c(NC(=O)c3ccco3)sc3c2CCCC3)cc1C. The predicted molar refractivity (Wildman–Crippen MR) is 111 cm³/mol. The minimum atomic E-state index is -0.344. The van der Waals surface area contributed by atoms with Gasteiger partial charge in [-0.1, -0.05) is 6.07 Å². The molecule has 2 N–H and O–H groups in total. The molecule has 3 aromatic rings. The lowest BCUT2D eigenvalue weighted by atomic mass is 9.95. The molecule has 2 amide bonds. The van der Waals surface area contributed by atoms with E-state index in [0.29, 0.717) is 10.6 Å². The Labute approximate surface area is 167 Å². The van der Waals surface area contributed by atoms with Gasteiger partial charge in [-0.2, -0.15) is 0 Å². The fourth-order valence-corrected chi connectivity index (χ4v) is 4.76. The number of carbonyl (C=O) groups excluding carboxylic acids is 2. The van der Waals surface area contributed by atoms with Gasteiger partial charge in [0.05, 0.1) is 11.8 Å². The molecule has 1 aliphatic carbocycles. The van der Waals surface area contributed by atoms with Crippen molar-refractivity contribution in [3.63, 3.8) is 0 Å². The van der Waals surface area contributed by atoms with Crippen molar-refractivity contribution in [2.45, 2.75) is 39.5 Å². The maximum Gasteiger partial charge on any atom is 0.291 e. The van der Waals surface area contributed by atoms with Crippen LogP contribution in [0, 0.1) is 13.8 Å². The van der Waals surface area contributed by atoms with Gasteiger partial charge in [0.25, 0.3) is 11.8 Å². The molecule has 0 aliphatic heterocycles. The van der Waals surface area contributed by atoms with Gasteiger partial charge in [-0.3, -0.25) is 9.59 Å². The first kappa shape index (κ1) is 18.5. The van der Waals surface area contributed by atoms with Gasteiger partial charge in [-0.15, -0.1) is 11.3 Å². The smallest absolute Gasteiger partial charge is 0.291 e. The van der Waals surface area contributed by atoms with Gasteiger partial charge in [0.2, 0.25) is 0 Å². The number of hydrogen-bond donors (Lipinski definition) is 2. The molecule has 0 saturated heterocycles. The zero-order valence-electron chi connectivity index (χ0n) is 15.9.